The molecule has 3 aromatic rings. The molecule has 0 N–H and O–H groups in total. The van der Waals surface area contributed by atoms with Crippen LogP contribution in [0.2, 0.25) is 0 Å². The lowest BCUT2D eigenvalue weighted by Gasteiger charge is -2.33. The zero-order valence-electron chi connectivity index (χ0n) is 17.5. The maximum absolute atomic E-state index is 4.72. The van der Waals surface area contributed by atoms with Crippen LogP contribution < -0.4 is 4.90 Å². The van der Waals surface area contributed by atoms with E-state index in [0.29, 0.717) is 5.92 Å². The predicted octanol–water partition coefficient (Wildman–Crippen LogP) is 5.01. The van der Waals surface area contributed by atoms with Crippen LogP contribution in [0.15, 0.2) is 54.7 Å². The first kappa shape index (κ1) is 19.6. The van der Waals surface area contributed by atoms with E-state index in [9.17, 15) is 0 Å². The average Bonchev–Trinajstić information content (AvgIpc) is 3.22. The monoisotopic (exact) mass is 389 g/mol. The molecule has 0 spiro atoms. The number of hydrogen-bond donors (Lipinski definition) is 0. The molecule has 1 aliphatic rings. The van der Waals surface area contributed by atoms with Crippen LogP contribution >= 0.6 is 0 Å². The Labute approximate surface area is 173 Å². The van der Waals surface area contributed by atoms with Gasteiger partial charge in [-0.15, -0.1) is 10.2 Å². The number of pyridine rings is 1. The summed E-state index contributed by atoms with van der Waals surface area (Å²) in [5, 5.41) is 9.36. The van der Waals surface area contributed by atoms with Crippen LogP contribution in [-0.2, 0) is 6.42 Å². The fourth-order valence-corrected chi connectivity index (χ4v) is 4.33. The fourth-order valence-electron chi connectivity index (χ4n) is 4.33. The van der Waals surface area contributed by atoms with Gasteiger partial charge >= 0.3 is 0 Å². The van der Waals surface area contributed by atoms with Crippen molar-refractivity contribution in [3.63, 3.8) is 0 Å². The number of benzene rings is 1. The molecule has 0 radical (unpaired) electrons. The molecule has 1 saturated heterocycles. The van der Waals surface area contributed by atoms with Gasteiger partial charge in [0.05, 0.1) is 6.04 Å². The highest BCUT2D eigenvalue weighted by atomic mass is 15.3. The Morgan fingerprint density at radius 1 is 1.00 bits per heavy atom. The SMILES string of the molecule is CCCCc1nnc(C2CCN(c3ccccn3)CC2)n1C(C)c1ccccc1. The minimum Gasteiger partial charge on any atom is -0.357 e. The van der Waals surface area contributed by atoms with Crippen molar-refractivity contribution in [2.24, 2.45) is 0 Å². The first-order valence-electron chi connectivity index (χ1n) is 10.9. The molecule has 5 heteroatoms. The maximum atomic E-state index is 4.72. The molecule has 29 heavy (non-hydrogen) atoms. The molecule has 5 nitrogen and oxygen atoms in total. The van der Waals surface area contributed by atoms with Crippen molar-refractivity contribution >= 4 is 5.82 Å². The summed E-state index contributed by atoms with van der Waals surface area (Å²) in [4.78, 5) is 6.90. The Hall–Kier alpha value is -2.69. The lowest BCUT2D eigenvalue weighted by molar-refractivity contribution is 0.449. The highest BCUT2D eigenvalue weighted by molar-refractivity contribution is 5.38. The third-order valence-electron chi connectivity index (χ3n) is 6.05. The number of aryl methyl sites for hydroxylation is 1. The molecule has 152 valence electrons. The molecule has 0 aliphatic carbocycles. The van der Waals surface area contributed by atoms with Crippen molar-refractivity contribution in [3.8, 4) is 0 Å². The van der Waals surface area contributed by atoms with Crippen LogP contribution in [0.3, 0.4) is 0 Å². The number of piperidine rings is 1. The van der Waals surface area contributed by atoms with Gasteiger partial charge in [-0.05, 0) is 43.9 Å². The Morgan fingerprint density at radius 2 is 1.76 bits per heavy atom. The summed E-state index contributed by atoms with van der Waals surface area (Å²) in [6.45, 7) is 6.54. The van der Waals surface area contributed by atoms with Crippen LogP contribution in [0.4, 0.5) is 5.82 Å². The maximum Gasteiger partial charge on any atom is 0.136 e. The van der Waals surface area contributed by atoms with E-state index in [1.54, 1.807) is 0 Å². The summed E-state index contributed by atoms with van der Waals surface area (Å²) < 4.78 is 2.42. The Kier molecular flexibility index (Phi) is 6.23. The van der Waals surface area contributed by atoms with Gasteiger partial charge in [0.15, 0.2) is 0 Å². The van der Waals surface area contributed by atoms with Crippen LogP contribution in [0.1, 0.15) is 68.7 Å². The van der Waals surface area contributed by atoms with Crippen molar-refractivity contribution in [1.82, 2.24) is 19.7 Å². The topological polar surface area (TPSA) is 46.8 Å². The minimum atomic E-state index is 0.252. The quantitative estimate of drug-likeness (QED) is 0.570. The Morgan fingerprint density at radius 3 is 2.45 bits per heavy atom. The summed E-state index contributed by atoms with van der Waals surface area (Å²) in [5.41, 5.74) is 1.32. The summed E-state index contributed by atoms with van der Waals surface area (Å²) in [7, 11) is 0. The van der Waals surface area contributed by atoms with Crippen molar-refractivity contribution in [2.75, 3.05) is 18.0 Å². The Bertz CT molecular complexity index is 882. The van der Waals surface area contributed by atoms with Crippen LogP contribution in [0, 0.1) is 0 Å². The number of anilines is 1. The highest BCUT2D eigenvalue weighted by Crippen LogP contribution is 2.32. The third-order valence-corrected chi connectivity index (χ3v) is 6.05. The summed E-state index contributed by atoms with van der Waals surface area (Å²) in [6.07, 6.45) is 7.36. The molecular formula is C24H31N5. The van der Waals surface area contributed by atoms with Gasteiger partial charge in [0, 0.05) is 31.6 Å². The summed E-state index contributed by atoms with van der Waals surface area (Å²) >= 11 is 0. The van der Waals surface area contributed by atoms with Crippen molar-refractivity contribution < 1.29 is 0 Å². The second-order valence-electron chi connectivity index (χ2n) is 7.98. The standard InChI is InChI=1S/C24H31N5/c1-3-4-12-23-26-27-24(29(23)19(2)20-10-6-5-7-11-20)21-14-17-28(18-15-21)22-13-8-9-16-25-22/h5-11,13,16,19,21H,3-4,12,14-15,17-18H2,1-2H3. The number of aromatic nitrogens is 4. The van der Waals surface area contributed by atoms with E-state index < -0.39 is 0 Å². The first-order valence-corrected chi connectivity index (χ1v) is 10.9. The normalized spacial score (nSPS) is 16.1. The molecule has 3 heterocycles. The first-order chi connectivity index (χ1) is 14.3. The third kappa shape index (κ3) is 4.34. The molecule has 1 aliphatic heterocycles. The van der Waals surface area contributed by atoms with Gasteiger partial charge in [-0.3, -0.25) is 0 Å². The second kappa shape index (κ2) is 9.21. The van der Waals surface area contributed by atoms with Gasteiger partial charge < -0.3 is 9.47 Å². The minimum absolute atomic E-state index is 0.252. The van der Waals surface area contributed by atoms with E-state index in [2.05, 4.69) is 75.9 Å². The molecule has 1 fully saturated rings. The van der Waals surface area contributed by atoms with E-state index in [1.807, 2.05) is 12.3 Å². The number of unbranched alkanes of at least 4 members (excludes halogenated alkanes) is 1. The predicted molar refractivity (Wildman–Crippen MR) is 117 cm³/mol. The summed E-state index contributed by atoms with van der Waals surface area (Å²) in [5.74, 6) is 3.82. The Balaban J connectivity index is 1.56. The molecule has 2 aromatic heterocycles. The van der Waals surface area contributed by atoms with E-state index in [-0.39, 0.29) is 6.04 Å². The van der Waals surface area contributed by atoms with Gasteiger partial charge in [0.1, 0.15) is 17.5 Å². The fraction of sp³-hybridized carbons (Fsp3) is 0.458. The van der Waals surface area contributed by atoms with E-state index in [4.69, 9.17) is 5.10 Å². The molecule has 0 bridgehead atoms. The second-order valence-corrected chi connectivity index (χ2v) is 7.98. The van der Waals surface area contributed by atoms with Crippen LogP contribution in [0.25, 0.3) is 0 Å². The van der Waals surface area contributed by atoms with Gasteiger partial charge in [0.2, 0.25) is 0 Å². The zero-order chi connectivity index (χ0) is 20.1. The largest absolute Gasteiger partial charge is 0.357 e. The van der Waals surface area contributed by atoms with E-state index in [0.717, 1.165) is 56.2 Å². The summed E-state index contributed by atoms with van der Waals surface area (Å²) in [6, 6.07) is 17.1. The molecule has 1 unspecified atom stereocenters. The average molecular weight is 390 g/mol. The van der Waals surface area contributed by atoms with Crippen molar-refractivity contribution in [3.05, 3.63) is 71.9 Å². The number of nitrogens with zero attached hydrogens (tertiary/aromatic N) is 5. The van der Waals surface area contributed by atoms with Gasteiger partial charge in [-0.25, -0.2) is 4.98 Å². The van der Waals surface area contributed by atoms with Gasteiger partial charge in [-0.1, -0.05) is 49.7 Å². The number of hydrogen-bond acceptors (Lipinski definition) is 4. The van der Waals surface area contributed by atoms with Crippen LogP contribution in [-0.4, -0.2) is 32.8 Å². The number of rotatable bonds is 7. The molecule has 4 rings (SSSR count). The molecule has 0 amide bonds. The lowest BCUT2D eigenvalue weighted by atomic mass is 9.95. The van der Waals surface area contributed by atoms with E-state index in [1.165, 1.54) is 12.0 Å². The van der Waals surface area contributed by atoms with Crippen LogP contribution in [0.5, 0.6) is 0 Å². The van der Waals surface area contributed by atoms with Gasteiger partial charge in [-0.2, -0.15) is 0 Å². The van der Waals surface area contributed by atoms with Crippen molar-refractivity contribution in [1.29, 1.82) is 0 Å². The lowest BCUT2D eigenvalue weighted by Crippen LogP contribution is -2.34. The zero-order valence-corrected chi connectivity index (χ0v) is 17.5. The van der Waals surface area contributed by atoms with Crippen molar-refractivity contribution in [2.45, 2.75) is 57.9 Å². The molecule has 1 aromatic carbocycles. The van der Waals surface area contributed by atoms with E-state index >= 15 is 0 Å². The smallest absolute Gasteiger partial charge is 0.136 e. The molecule has 1 atom stereocenters. The van der Waals surface area contributed by atoms with Gasteiger partial charge in [0.25, 0.3) is 0 Å². The molecular weight excluding hydrogens is 358 g/mol. The molecule has 0 saturated carbocycles. The highest BCUT2D eigenvalue weighted by Gasteiger charge is 2.28.